The van der Waals surface area contributed by atoms with Crippen LogP contribution in [-0.2, 0) is 65.4 Å². The molecule has 0 fully saturated rings. The summed E-state index contributed by atoms with van der Waals surface area (Å²) in [4.78, 5) is 0. The van der Waals surface area contributed by atoms with E-state index >= 15 is 0 Å². The molecule has 0 rings (SSSR count). The number of hydrogen-bond acceptors (Lipinski definition) is 1. The maximum Gasteiger partial charge on any atom is 0.0778 e. The van der Waals surface area contributed by atoms with E-state index in [0.29, 0.717) is 11.8 Å². The molecule has 4 atom stereocenters. The third-order valence-corrected chi connectivity index (χ3v) is 4.52. The zero-order valence-corrected chi connectivity index (χ0v) is 28.0. The molecule has 0 bridgehead atoms. The van der Waals surface area contributed by atoms with Crippen molar-refractivity contribution in [3.63, 3.8) is 0 Å². The van der Waals surface area contributed by atoms with Crippen LogP contribution < -0.4 is 0 Å². The largest absolute Gasteiger partial charge is 0.388 e. The van der Waals surface area contributed by atoms with Gasteiger partial charge in [-0.1, -0.05) is 64.8 Å². The Morgan fingerprint density at radius 1 is 1.04 bits per heavy atom. The van der Waals surface area contributed by atoms with Gasteiger partial charge in [0.2, 0.25) is 0 Å². The third kappa shape index (κ3) is 20.0. The van der Waals surface area contributed by atoms with E-state index in [-0.39, 0.29) is 77.4 Å². The van der Waals surface area contributed by atoms with Crippen LogP contribution in [0.5, 0.6) is 0 Å². The standard InChI is InChI=1S/C22H35O.I2.2Y/c1-8-14-18(4)20(6)21(7)22(23)19(5)16-13-11-9-10-12-15-17(2)3;1-2;;/h9-11,13,16,18,20-23H,8,14H2,1-7H3;;;/q-1;;;/b10-9-,13-11+,19-16+;;;. The van der Waals surface area contributed by atoms with Gasteiger partial charge in [0.05, 0.1) is 6.10 Å². The Morgan fingerprint density at radius 3 is 2.07 bits per heavy atom. The zero-order valence-electron chi connectivity index (χ0n) is 18.0. The van der Waals surface area contributed by atoms with Crippen molar-refractivity contribution in [2.24, 2.45) is 17.8 Å². The minimum Gasteiger partial charge on any atom is -0.388 e. The number of rotatable bonds is 8. The van der Waals surface area contributed by atoms with Crippen molar-refractivity contribution in [2.75, 3.05) is 0 Å². The van der Waals surface area contributed by atoms with Gasteiger partial charge in [0, 0.05) is 103 Å². The summed E-state index contributed by atoms with van der Waals surface area (Å²) in [6.07, 6.45) is 11.7. The van der Waals surface area contributed by atoms with E-state index in [1.54, 1.807) is 0 Å². The minimum absolute atomic E-state index is 0. The Labute approximate surface area is 242 Å². The Hall–Kier alpha value is 2.28. The number of halogens is 2. The van der Waals surface area contributed by atoms with E-state index in [2.05, 4.69) is 76.8 Å². The Bertz CT molecular complexity index is 476. The van der Waals surface area contributed by atoms with Gasteiger partial charge in [-0.05, 0) is 30.3 Å². The monoisotopic (exact) mass is 747 g/mol. The molecule has 0 aliphatic carbocycles. The fourth-order valence-electron chi connectivity index (χ4n) is 2.60. The molecule has 0 aliphatic rings. The minimum atomic E-state index is -0.380. The van der Waals surface area contributed by atoms with Gasteiger partial charge in [-0.25, -0.2) is 0 Å². The van der Waals surface area contributed by atoms with Crippen LogP contribution in [0.4, 0.5) is 0 Å². The summed E-state index contributed by atoms with van der Waals surface area (Å²) in [5.41, 5.74) is 1.02. The second-order valence-corrected chi connectivity index (χ2v) is 6.85. The first-order valence-electron chi connectivity index (χ1n) is 8.95. The van der Waals surface area contributed by atoms with Gasteiger partial charge in [-0.2, -0.15) is 5.92 Å². The van der Waals surface area contributed by atoms with E-state index in [4.69, 9.17) is 0 Å². The maximum atomic E-state index is 10.5. The first kappa shape index (κ1) is 36.6. The van der Waals surface area contributed by atoms with Crippen molar-refractivity contribution in [2.45, 2.75) is 67.4 Å². The van der Waals surface area contributed by atoms with E-state index in [1.807, 2.05) is 51.2 Å². The molecule has 0 aromatic heterocycles. The molecule has 0 heterocycles. The smallest absolute Gasteiger partial charge is 0.0778 e. The third-order valence-electron chi connectivity index (χ3n) is 4.52. The van der Waals surface area contributed by atoms with Gasteiger partial charge in [0.15, 0.2) is 0 Å². The number of hydrogen-bond donors (Lipinski definition) is 1. The fraction of sp³-hybridized carbons (Fsp3) is 0.591. The molecule has 0 saturated carbocycles. The van der Waals surface area contributed by atoms with Crippen molar-refractivity contribution >= 4 is 37.2 Å². The first-order chi connectivity index (χ1) is 11.8. The topological polar surface area (TPSA) is 20.2 Å². The number of aliphatic hydroxyl groups excluding tert-OH is 1. The summed E-state index contributed by atoms with van der Waals surface area (Å²) in [5.74, 6) is 8.51. The SMILES string of the molecule is CCCC(C)C(C)C(C)C(O)/C(C)=C/C=C/C=C\C#C[C-](C)C.II.[Y].[Y]. The van der Waals surface area contributed by atoms with E-state index < -0.39 is 0 Å². The van der Waals surface area contributed by atoms with Crippen molar-refractivity contribution in [3.05, 3.63) is 41.9 Å². The Morgan fingerprint density at radius 2 is 1.59 bits per heavy atom. The second-order valence-electron chi connectivity index (χ2n) is 6.85. The van der Waals surface area contributed by atoms with Crippen LogP contribution in [0.15, 0.2) is 36.0 Å². The molecule has 4 unspecified atom stereocenters. The van der Waals surface area contributed by atoms with Crippen LogP contribution in [-0.4, -0.2) is 11.2 Å². The average Bonchev–Trinajstić information content (AvgIpc) is 2.60. The predicted octanol–water partition coefficient (Wildman–Crippen LogP) is 7.50. The molecule has 150 valence electrons. The normalized spacial score (nSPS) is 15.3. The van der Waals surface area contributed by atoms with Crippen LogP contribution in [0.25, 0.3) is 0 Å². The molecule has 0 aromatic rings. The molecule has 0 saturated heterocycles. The molecule has 0 aliphatic heterocycles. The molecule has 0 aromatic carbocycles. The summed E-state index contributed by atoms with van der Waals surface area (Å²) in [7, 11) is 0. The van der Waals surface area contributed by atoms with E-state index in [0.717, 1.165) is 11.5 Å². The molecule has 2 radical (unpaired) electrons. The number of allylic oxidation sites excluding steroid dienone is 5. The Balaban J connectivity index is -0.000000637. The molecule has 0 spiro atoms. The van der Waals surface area contributed by atoms with Crippen LogP contribution in [0.2, 0.25) is 0 Å². The quantitative estimate of drug-likeness (QED) is 0.118. The summed E-state index contributed by atoms with van der Waals surface area (Å²) in [5, 5.41) is 10.5. The van der Waals surface area contributed by atoms with Gasteiger partial charge < -0.3 is 11.0 Å². The summed E-state index contributed by atoms with van der Waals surface area (Å²) in [6.45, 7) is 14.9. The van der Waals surface area contributed by atoms with Crippen LogP contribution in [0.1, 0.15) is 61.3 Å². The van der Waals surface area contributed by atoms with E-state index in [1.165, 1.54) is 12.8 Å². The zero-order chi connectivity index (χ0) is 19.8. The van der Waals surface area contributed by atoms with Gasteiger partial charge >= 0.3 is 0 Å². The summed E-state index contributed by atoms with van der Waals surface area (Å²) in [6, 6.07) is 0. The van der Waals surface area contributed by atoms with Gasteiger partial charge in [0.25, 0.3) is 0 Å². The molecule has 1 nitrogen and oxygen atoms in total. The van der Waals surface area contributed by atoms with Gasteiger partial charge in [-0.3, -0.25) is 5.92 Å². The van der Waals surface area contributed by atoms with Crippen molar-refractivity contribution in [1.29, 1.82) is 0 Å². The molecule has 5 heteroatoms. The van der Waals surface area contributed by atoms with Gasteiger partial charge in [0.1, 0.15) is 0 Å². The van der Waals surface area contributed by atoms with Crippen LogP contribution >= 0.6 is 37.2 Å². The van der Waals surface area contributed by atoms with E-state index in [9.17, 15) is 5.11 Å². The van der Waals surface area contributed by atoms with Crippen LogP contribution in [0.3, 0.4) is 0 Å². The molecule has 1 N–H and O–H groups in total. The van der Waals surface area contributed by atoms with Crippen LogP contribution in [0, 0.1) is 35.5 Å². The first-order valence-corrected chi connectivity index (χ1v) is 15.2. The van der Waals surface area contributed by atoms with Crippen molar-refractivity contribution in [3.8, 4) is 11.8 Å². The molecular formula is C22H35I2OY2-. The molecule has 0 amide bonds. The Kier molecular flexibility index (Phi) is 33.3. The molecule has 27 heavy (non-hydrogen) atoms. The van der Waals surface area contributed by atoms with Crippen molar-refractivity contribution < 1.29 is 70.5 Å². The summed E-state index contributed by atoms with van der Waals surface area (Å²) >= 11 is 4.24. The molecular weight excluding hydrogens is 712 g/mol. The van der Waals surface area contributed by atoms with Gasteiger partial charge in [-0.15, -0.1) is 19.9 Å². The number of aliphatic hydroxyl groups is 1. The maximum absolute atomic E-state index is 10.5. The average molecular weight is 747 g/mol. The second kappa shape index (κ2) is 24.5. The fourth-order valence-corrected chi connectivity index (χ4v) is 2.60. The predicted molar refractivity (Wildman–Crippen MR) is 131 cm³/mol. The summed E-state index contributed by atoms with van der Waals surface area (Å²) < 4.78 is 0. The van der Waals surface area contributed by atoms with Crippen molar-refractivity contribution in [1.82, 2.24) is 0 Å².